The lowest BCUT2D eigenvalue weighted by Crippen LogP contribution is -2.74. The molecule has 8 heteroatoms. The maximum absolute atomic E-state index is 13.3. The van der Waals surface area contributed by atoms with Crippen LogP contribution in [0.1, 0.15) is 72.6 Å². The third kappa shape index (κ3) is 2.49. The van der Waals surface area contributed by atoms with E-state index in [4.69, 9.17) is 4.74 Å². The molecule has 0 spiro atoms. The zero-order chi connectivity index (χ0) is 26.3. The van der Waals surface area contributed by atoms with E-state index in [-0.39, 0.29) is 35.9 Å². The molecule has 13 atom stereocenters. The third-order valence-corrected chi connectivity index (χ3v) is 12.8. The number of hydrogen-bond donors (Lipinski definition) is 5. The smallest absolute Gasteiger partial charge is 0.338 e. The van der Waals surface area contributed by atoms with Crippen LogP contribution in [0, 0.1) is 39.9 Å². The zero-order valence-electron chi connectivity index (χ0n) is 21.6. The fourth-order valence-electron chi connectivity index (χ4n) is 10.2. The lowest BCUT2D eigenvalue weighted by molar-refractivity contribution is -0.264. The van der Waals surface area contributed by atoms with Gasteiger partial charge in [-0.2, -0.15) is 0 Å². The van der Waals surface area contributed by atoms with Crippen LogP contribution in [0.5, 0.6) is 0 Å². The second kappa shape index (κ2) is 7.00. The van der Waals surface area contributed by atoms with Gasteiger partial charge in [0.2, 0.25) is 0 Å². The summed E-state index contributed by atoms with van der Waals surface area (Å²) in [4.78, 5) is 25.9. The van der Waals surface area contributed by atoms with Crippen molar-refractivity contribution < 1.29 is 39.9 Å². The van der Waals surface area contributed by atoms with Crippen LogP contribution in [0.15, 0.2) is 12.2 Å². The van der Waals surface area contributed by atoms with Gasteiger partial charge in [0, 0.05) is 11.3 Å². The summed E-state index contributed by atoms with van der Waals surface area (Å²) >= 11 is 0. The van der Waals surface area contributed by atoms with Crippen LogP contribution in [0.25, 0.3) is 0 Å². The Morgan fingerprint density at radius 3 is 2.28 bits per heavy atom. The van der Waals surface area contributed by atoms with Crippen molar-refractivity contribution in [3.8, 4) is 0 Å². The molecule has 1 saturated heterocycles. The number of ketones is 1. The SMILES string of the molecule is C[C@@]12C[C@@H](OC(=O)[C@]1(C)O)[C@@H]([C@@]1(O)CC[C@H]3[C@@H]4C[C@H](O)[C@]5(O)[C@@H](O)C=CC(=O)[C@]5(C)[C@H]4CC[C@@]31C)C2. The Labute approximate surface area is 211 Å². The minimum atomic E-state index is -1.94. The summed E-state index contributed by atoms with van der Waals surface area (Å²) in [5, 5.41) is 56.9. The van der Waals surface area contributed by atoms with E-state index in [0.717, 1.165) is 0 Å². The summed E-state index contributed by atoms with van der Waals surface area (Å²) < 4.78 is 5.72. The van der Waals surface area contributed by atoms with Crippen LogP contribution >= 0.6 is 0 Å². The molecular formula is C28H40O8. The van der Waals surface area contributed by atoms with Gasteiger partial charge in [-0.25, -0.2) is 4.79 Å². The largest absolute Gasteiger partial charge is 0.460 e. The Bertz CT molecular complexity index is 1050. The van der Waals surface area contributed by atoms with Gasteiger partial charge < -0.3 is 30.3 Å². The van der Waals surface area contributed by atoms with Crippen molar-refractivity contribution in [1.29, 1.82) is 0 Å². The van der Waals surface area contributed by atoms with Gasteiger partial charge in [-0.05, 0) is 94.1 Å². The molecule has 36 heavy (non-hydrogen) atoms. The molecule has 0 radical (unpaired) electrons. The predicted molar refractivity (Wildman–Crippen MR) is 127 cm³/mol. The fraction of sp³-hybridized carbons (Fsp3) is 0.857. The molecule has 4 saturated carbocycles. The van der Waals surface area contributed by atoms with Crippen molar-refractivity contribution in [2.24, 2.45) is 39.9 Å². The maximum Gasteiger partial charge on any atom is 0.338 e. The molecule has 0 unspecified atom stereocenters. The van der Waals surface area contributed by atoms with Gasteiger partial charge in [-0.1, -0.05) is 13.8 Å². The molecule has 2 bridgehead atoms. The number of aliphatic hydroxyl groups is 5. The van der Waals surface area contributed by atoms with Crippen molar-refractivity contribution in [2.45, 2.75) is 108 Å². The predicted octanol–water partition coefficient (Wildman–Crippen LogP) is 1.25. The Morgan fingerprint density at radius 2 is 1.58 bits per heavy atom. The number of rotatable bonds is 1. The maximum atomic E-state index is 13.3. The molecule has 1 heterocycles. The second-order valence-corrected chi connectivity index (χ2v) is 13.8. The number of aliphatic hydroxyl groups excluding tert-OH is 2. The first-order valence-corrected chi connectivity index (χ1v) is 13.5. The fourth-order valence-corrected chi connectivity index (χ4v) is 10.2. The van der Waals surface area contributed by atoms with Crippen molar-refractivity contribution in [2.75, 3.05) is 0 Å². The van der Waals surface area contributed by atoms with Crippen molar-refractivity contribution in [3.05, 3.63) is 12.2 Å². The van der Waals surface area contributed by atoms with Gasteiger partial charge in [0.1, 0.15) is 17.8 Å². The van der Waals surface area contributed by atoms with Crippen molar-refractivity contribution in [1.82, 2.24) is 0 Å². The Hall–Kier alpha value is -1.32. The highest BCUT2D eigenvalue weighted by Crippen LogP contribution is 2.71. The van der Waals surface area contributed by atoms with Crippen molar-refractivity contribution >= 4 is 11.8 Å². The minimum Gasteiger partial charge on any atom is -0.460 e. The average Bonchev–Trinajstić information content (AvgIpc) is 3.27. The summed E-state index contributed by atoms with van der Waals surface area (Å²) in [6.45, 7) is 7.20. The topological polar surface area (TPSA) is 145 Å². The molecule has 0 amide bonds. The Kier molecular flexibility index (Phi) is 4.86. The van der Waals surface area contributed by atoms with E-state index >= 15 is 0 Å². The van der Waals surface area contributed by atoms with E-state index in [1.54, 1.807) is 6.92 Å². The van der Waals surface area contributed by atoms with Crippen LogP contribution in [0.2, 0.25) is 0 Å². The first-order chi connectivity index (χ1) is 16.6. The second-order valence-electron chi connectivity index (χ2n) is 13.8. The van der Waals surface area contributed by atoms with Gasteiger partial charge >= 0.3 is 5.97 Å². The first-order valence-electron chi connectivity index (χ1n) is 13.5. The Morgan fingerprint density at radius 1 is 0.917 bits per heavy atom. The molecule has 0 aromatic carbocycles. The minimum absolute atomic E-state index is 0.00223. The molecule has 0 aromatic rings. The molecule has 8 nitrogen and oxygen atoms in total. The number of carbonyl (C=O) groups is 2. The van der Waals surface area contributed by atoms with Gasteiger partial charge in [0.05, 0.1) is 17.1 Å². The highest BCUT2D eigenvalue weighted by molar-refractivity contribution is 5.97. The number of fused-ring (bicyclic) bond motifs is 7. The van der Waals surface area contributed by atoms with E-state index in [9.17, 15) is 35.1 Å². The molecule has 6 rings (SSSR count). The molecule has 5 fully saturated rings. The van der Waals surface area contributed by atoms with E-state index in [2.05, 4.69) is 6.92 Å². The van der Waals surface area contributed by atoms with E-state index < -0.39 is 57.3 Å². The lowest BCUT2D eigenvalue weighted by Gasteiger charge is -2.64. The highest BCUT2D eigenvalue weighted by Gasteiger charge is 2.75. The highest BCUT2D eigenvalue weighted by atomic mass is 16.6. The molecule has 200 valence electrons. The van der Waals surface area contributed by atoms with E-state index in [1.807, 2.05) is 6.92 Å². The van der Waals surface area contributed by atoms with Crippen LogP contribution < -0.4 is 0 Å². The van der Waals surface area contributed by atoms with E-state index in [1.165, 1.54) is 19.1 Å². The summed E-state index contributed by atoms with van der Waals surface area (Å²) in [7, 11) is 0. The molecule has 0 aromatic heterocycles. The standard InChI is InChI=1S/C28H40O8/c1-23-12-17(18(13-23)36-22(32)26(23,4)33)27(34)10-8-15-14-11-21(31)28(35)20(30)6-5-19(29)25(28,3)16(14)7-9-24(15,27)2/h5-6,14-18,20-21,30-31,33-35H,7-13H2,1-4H3/t14-,15-,16-,17-,18+,20-,21-,23+,24-,25-,26-,27-,28+/m0/s1. The summed E-state index contributed by atoms with van der Waals surface area (Å²) in [6.07, 6.45) is 3.22. The quantitative estimate of drug-likeness (QED) is 0.336. The number of allylic oxidation sites excluding steroid dienone is 1. The van der Waals surface area contributed by atoms with Crippen LogP contribution in [0.4, 0.5) is 0 Å². The number of esters is 1. The summed E-state index contributed by atoms with van der Waals surface area (Å²) in [5.74, 6) is -1.56. The van der Waals surface area contributed by atoms with E-state index in [0.29, 0.717) is 38.5 Å². The number of hydrogen-bond acceptors (Lipinski definition) is 8. The first kappa shape index (κ1) is 25.0. The van der Waals surface area contributed by atoms with Crippen LogP contribution in [-0.2, 0) is 14.3 Å². The molecule has 5 aliphatic carbocycles. The summed E-state index contributed by atoms with van der Waals surface area (Å²) in [6, 6.07) is 0. The zero-order valence-corrected chi connectivity index (χ0v) is 21.6. The normalized spacial score (nSPS) is 61.9. The average molecular weight is 505 g/mol. The van der Waals surface area contributed by atoms with Gasteiger partial charge in [0.25, 0.3) is 0 Å². The Balaban J connectivity index is 1.37. The van der Waals surface area contributed by atoms with Crippen LogP contribution in [-0.4, -0.2) is 72.4 Å². The monoisotopic (exact) mass is 504 g/mol. The lowest BCUT2D eigenvalue weighted by atomic mass is 9.42. The third-order valence-electron chi connectivity index (χ3n) is 12.8. The number of carbonyl (C=O) groups excluding carboxylic acids is 2. The van der Waals surface area contributed by atoms with Crippen LogP contribution in [0.3, 0.4) is 0 Å². The molecular weight excluding hydrogens is 464 g/mol. The van der Waals surface area contributed by atoms with Gasteiger partial charge in [-0.3, -0.25) is 4.79 Å². The molecule has 5 N–H and O–H groups in total. The summed E-state index contributed by atoms with van der Waals surface area (Å²) in [5.41, 5.74) is -7.21. The van der Waals surface area contributed by atoms with Gasteiger partial charge in [0.15, 0.2) is 11.4 Å². The van der Waals surface area contributed by atoms with Gasteiger partial charge in [-0.15, -0.1) is 0 Å². The van der Waals surface area contributed by atoms with Crippen molar-refractivity contribution in [3.63, 3.8) is 0 Å². The molecule has 1 aliphatic heterocycles. The molecule has 6 aliphatic rings. The number of ether oxygens (including phenoxy) is 1.